The summed E-state index contributed by atoms with van der Waals surface area (Å²) < 4.78 is 0. The van der Waals surface area contributed by atoms with E-state index in [1.807, 2.05) is 0 Å². The molecule has 0 heterocycles. The average Bonchev–Trinajstić information content (AvgIpc) is 2.42. The van der Waals surface area contributed by atoms with Crippen LogP contribution in [-0.4, -0.2) is 21.2 Å². The van der Waals surface area contributed by atoms with Crippen LogP contribution in [0.2, 0.25) is 0 Å². The number of amides is 1. The van der Waals surface area contributed by atoms with E-state index >= 15 is 0 Å². The van der Waals surface area contributed by atoms with Crippen LogP contribution in [0.5, 0.6) is 17.2 Å². The van der Waals surface area contributed by atoms with Gasteiger partial charge in [-0.1, -0.05) is 18.2 Å². The minimum Gasteiger partial charge on any atom is -0.508 e. The molecule has 20 heavy (non-hydrogen) atoms. The zero-order chi connectivity index (χ0) is 14.5. The van der Waals surface area contributed by atoms with E-state index in [-0.39, 0.29) is 35.3 Å². The minimum atomic E-state index is -0.330. The Morgan fingerprint density at radius 1 is 1.00 bits per heavy atom. The van der Waals surface area contributed by atoms with E-state index in [0.29, 0.717) is 5.56 Å². The highest BCUT2D eigenvalue weighted by molar-refractivity contribution is 5.93. The number of rotatable bonds is 4. The molecule has 0 atom stereocenters. The van der Waals surface area contributed by atoms with Crippen molar-refractivity contribution >= 4 is 5.91 Å². The molecule has 6 heteroatoms. The summed E-state index contributed by atoms with van der Waals surface area (Å²) in [7, 11) is 0. The fourth-order valence-electron chi connectivity index (χ4n) is 1.68. The maximum absolute atomic E-state index is 11.7. The predicted octanol–water partition coefficient (Wildman–Crippen LogP) is 1.24. The molecule has 0 saturated carbocycles. The molecule has 6 nitrogen and oxygen atoms in total. The van der Waals surface area contributed by atoms with Crippen LogP contribution >= 0.6 is 0 Å². The van der Waals surface area contributed by atoms with Gasteiger partial charge in [0.15, 0.2) is 0 Å². The van der Waals surface area contributed by atoms with E-state index in [1.54, 1.807) is 30.3 Å². The maximum Gasteiger partial charge on any atom is 0.265 e. The highest BCUT2D eigenvalue weighted by atomic mass is 16.3. The van der Waals surface area contributed by atoms with Crippen LogP contribution in [0.4, 0.5) is 0 Å². The van der Waals surface area contributed by atoms with Gasteiger partial charge in [0.05, 0.1) is 5.56 Å². The lowest BCUT2D eigenvalue weighted by molar-refractivity contribution is 0.0931. The summed E-state index contributed by atoms with van der Waals surface area (Å²) in [5.74, 6) is -1.09. The molecule has 0 aromatic heterocycles. The van der Waals surface area contributed by atoms with Gasteiger partial charge in [-0.15, -0.1) is 0 Å². The molecule has 0 aliphatic heterocycles. The number of benzene rings is 2. The zero-order valence-electron chi connectivity index (χ0n) is 10.5. The number of hydrogen-bond donors (Lipinski definition) is 5. The normalized spacial score (nSPS) is 10.2. The molecule has 104 valence electrons. The van der Waals surface area contributed by atoms with Crippen LogP contribution in [0.3, 0.4) is 0 Å². The lowest BCUT2D eigenvalue weighted by atomic mass is 10.1. The fraction of sp³-hybridized carbons (Fsp3) is 0.0714. The zero-order valence-corrected chi connectivity index (χ0v) is 10.5. The van der Waals surface area contributed by atoms with Crippen LogP contribution in [0, 0.1) is 0 Å². The SMILES string of the molecule is O=C(NNCc1c(O)cc(O)cc1O)c1ccccc1. The van der Waals surface area contributed by atoms with E-state index in [1.165, 1.54) is 0 Å². The lowest BCUT2D eigenvalue weighted by Crippen LogP contribution is -2.36. The Balaban J connectivity index is 1.95. The van der Waals surface area contributed by atoms with E-state index in [4.69, 9.17) is 0 Å². The molecule has 0 spiro atoms. The van der Waals surface area contributed by atoms with E-state index in [9.17, 15) is 20.1 Å². The third kappa shape index (κ3) is 3.18. The lowest BCUT2D eigenvalue weighted by Gasteiger charge is -2.10. The number of carbonyl (C=O) groups excluding carboxylic acids is 1. The number of aromatic hydroxyl groups is 3. The van der Waals surface area contributed by atoms with E-state index in [0.717, 1.165) is 12.1 Å². The number of phenolic OH excluding ortho intramolecular Hbond substituents is 3. The third-order valence-corrected chi connectivity index (χ3v) is 2.69. The molecule has 0 aliphatic carbocycles. The van der Waals surface area contributed by atoms with Crippen molar-refractivity contribution in [3.63, 3.8) is 0 Å². The van der Waals surface area contributed by atoms with Crippen molar-refractivity contribution in [3.05, 3.63) is 53.6 Å². The molecule has 0 fully saturated rings. The number of hydrazine groups is 1. The third-order valence-electron chi connectivity index (χ3n) is 2.69. The van der Waals surface area contributed by atoms with Crippen LogP contribution in [0.15, 0.2) is 42.5 Å². The fourth-order valence-corrected chi connectivity index (χ4v) is 1.68. The van der Waals surface area contributed by atoms with Crippen molar-refractivity contribution in [1.29, 1.82) is 0 Å². The molecule has 2 aromatic carbocycles. The summed E-state index contributed by atoms with van der Waals surface area (Å²) in [4.78, 5) is 11.7. The van der Waals surface area contributed by atoms with Gasteiger partial charge in [-0.05, 0) is 12.1 Å². The Labute approximate surface area is 115 Å². The Morgan fingerprint density at radius 3 is 2.20 bits per heavy atom. The molecule has 0 bridgehead atoms. The topological polar surface area (TPSA) is 102 Å². The first-order valence-electron chi connectivity index (χ1n) is 5.90. The molecule has 0 aliphatic rings. The summed E-state index contributed by atoms with van der Waals surface area (Å²) in [5.41, 5.74) is 5.71. The number of phenols is 3. The smallest absolute Gasteiger partial charge is 0.265 e. The van der Waals surface area contributed by atoms with E-state index < -0.39 is 0 Å². The van der Waals surface area contributed by atoms with Crippen molar-refractivity contribution in [2.24, 2.45) is 0 Å². The van der Waals surface area contributed by atoms with Crippen LogP contribution in [-0.2, 0) is 6.54 Å². The van der Waals surface area contributed by atoms with Gasteiger partial charge in [-0.25, -0.2) is 5.43 Å². The summed E-state index contributed by atoms with van der Waals surface area (Å²) >= 11 is 0. The van der Waals surface area contributed by atoms with Crippen LogP contribution in [0.25, 0.3) is 0 Å². The van der Waals surface area contributed by atoms with Gasteiger partial charge in [0, 0.05) is 24.2 Å². The second-order valence-electron chi connectivity index (χ2n) is 4.14. The van der Waals surface area contributed by atoms with E-state index in [2.05, 4.69) is 10.9 Å². The Hall–Kier alpha value is -2.73. The van der Waals surface area contributed by atoms with Crippen LogP contribution in [0.1, 0.15) is 15.9 Å². The molecule has 5 N–H and O–H groups in total. The number of nitrogens with one attached hydrogen (secondary N) is 2. The highest BCUT2D eigenvalue weighted by Gasteiger charge is 2.10. The Morgan fingerprint density at radius 2 is 1.60 bits per heavy atom. The standard InChI is InChI=1S/C14H14N2O4/c17-10-6-12(18)11(13(19)7-10)8-15-16-14(20)9-4-2-1-3-5-9/h1-7,15,17-19H,8H2,(H,16,20). The second-order valence-corrected chi connectivity index (χ2v) is 4.14. The first-order valence-corrected chi connectivity index (χ1v) is 5.90. The van der Waals surface area contributed by atoms with Gasteiger partial charge < -0.3 is 15.3 Å². The molecule has 0 radical (unpaired) electrons. The van der Waals surface area contributed by atoms with Crippen molar-refractivity contribution in [2.45, 2.75) is 6.54 Å². The van der Waals surface area contributed by atoms with Gasteiger partial charge in [0.2, 0.25) is 0 Å². The summed E-state index contributed by atoms with van der Waals surface area (Å²) in [5, 5.41) is 28.3. The second kappa shape index (κ2) is 5.94. The van der Waals surface area contributed by atoms with Crippen molar-refractivity contribution in [3.8, 4) is 17.2 Å². The molecule has 2 aromatic rings. The summed E-state index contributed by atoms with van der Waals surface area (Å²) in [6, 6.07) is 10.8. The number of carbonyl (C=O) groups is 1. The Kier molecular flexibility index (Phi) is 4.07. The van der Waals surface area contributed by atoms with Gasteiger partial charge in [0.1, 0.15) is 17.2 Å². The molecule has 0 saturated heterocycles. The first kappa shape index (κ1) is 13.7. The maximum atomic E-state index is 11.7. The quantitative estimate of drug-likeness (QED) is 0.540. The van der Waals surface area contributed by atoms with Crippen molar-refractivity contribution < 1.29 is 20.1 Å². The summed E-state index contributed by atoms with van der Waals surface area (Å²) in [6.45, 7) is 0.0104. The van der Waals surface area contributed by atoms with Crippen LogP contribution < -0.4 is 10.9 Å². The largest absolute Gasteiger partial charge is 0.508 e. The van der Waals surface area contributed by atoms with Gasteiger partial charge >= 0.3 is 0 Å². The van der Waals surface area contributed by atoms with Crippen molar-refractivity contribution in [1.82, 2.24) is 10.9 Å². The molecule has 2 rings (SSSR count). The Bertz CT molecular complexity index is 591. The first-order chi connectivity index (χ1) is 9.58. The summed E-state index contributed by atoms with van der Waals surface area (Å²) in [6.07, 6.45) is 0. The molecular formula is C14H14N2O4. The van der Waals surface area contributed by atoms with Gasteiger partial charge in [-0.3, -0.25) is 10.2 Å². The predicted molar refractivity (Wildman–Crippen MR) is 72.2 cm³/mol. The van der Waals surface area contributed by atoms with Gasteiger partial charge in [-0.2, -0.15) is 0 Å². The monoisotopic (exact) mass is 274 g/mol. The molecular weight excluding hydrogens is 260 g/mol. The molecule has 0 unspecified atom stereocenters. The minimum absolute atomic E-state index is 0.0104. The number of hydrogen-bond acceptors (Lipinski definition) is 5. The highest BCUT2D eigenvalue weighted by Crippen LogP contribution is 2.31. The average molecular weight is 274 g/mol. The van der Waals surface area contributed by atoms with Crippen molar-refractivity contribution in [2.75, 3.05) is 0 Å². The van der Waals surface area contributed by atoms with Gasteiger partial charge in [0.25, 0.3) is 5.91 Å². The molecule has 1 amide bonds.